The summed E-state index contributed by atoms with van der Waals surface area (Å²) in [4.78, 5) is 29.5. The summed E-state index contributed by atoms with van der Waals surface area (Å²) in [6.07, 6.45) is 7.83. The molecule has 0 fully saturated rings. The number of carbonyl (C=O) groups excluding carboxylic acids is 2. The van der Waals surface area contributed by atoms with Crippen molar-refractivity contribution in [2.45, 2.75) is 31.8 Å². The lowest BCUT2D eigenvalue weighted by atomic mass is 10.1. The molecule has 0 saturated carbocycles. The van der Waals surface area contributed by atoms with Crippen LogP contribution < -0.4 is 11.2 Å². The number of hydroxylamine groups is 1. The van der Waals surface area contributed by atoms with E-state index in [-0.39, 0.29) is 11.5 Å². The van der Waals surface area contributed by atoms with Crippen LogP contribution in [0, 0.1) is 0 Å². The van der Waals surface area contributed by atoms with Crippen LogP contribution in [0.2, 0.25) is 0 Å². The zero-order valence-electron chi connectivity index (χ0n) is 13.7. The van der Waals surface area contributed by atoms with Crippen LogP contribution in [-0.4, -0.2) is 47.9 Å². The van der Waals surface area contributed by atoms with Crippen molar-refractivity contribution in [1.29, 1.82) is 0 Å². The van der Waals surface area contributed by atoms with Crippen LogP contribution in [0.1, 0.15) is 19.8 Å². The van der Waals surface area contributed by atoms with Crippen molar-refractivity contribution in [3.63, 3.8) is 0 Å². The number of rotatable bonds is 8. The van der Waals surface area contributed by atoms with E-state index in [9.17, 15) is 9.59 Å². The van der Waals surface area contributed by atoms with E-state index in [0.29, 0.717) is 18.6 Å². The second-order valence-electron chi connectivity index (χ2n) is 5.07. The lowest BCUT2D eigenvalue weighted by Gasteiger charge is -2.21. The third-order valence-electron chi connectivity index (χ3n) is 3.10. The standard InChI is InChI=1S/C15H24N2O4S2/c1-10-8-11(9-14(18)12(16)4-6-22-2)20-15(19)13(17-21-10)5-7-23-3/h8-9,12-13,17H,4-7,16H2,1-3H3/b10-8-,11-9-/t12-,13-/m0/s1. The number of hydrogen-bond acceptors (Lipinski definition) is 8. The van der Waals surface area contributed by atoms with E-state index in [1.54, 1.807) is 30.4 Å². The van der Waals surface area contributed by atoms with Gasteiger partial charge in [0.05, 0.1) is 6.04 Å². The average molecular weight is 361 g/mol. The maximum absolute atomic E-state index is 12.1. The van der Waals surface area contributed by atoms with Crippen LogP contribution in [0.15, 0.2) is 23.7 Å². The first-order valence-corrected chi connectivity index (χ1v) is 10.1. The maximum atomic E-state index is 12.1. The van der Waals surface area contributed by atoms with E-state index in [1.165, 1.54) is 12.2 Å². The Morgan fingerprint density at radius 1 is 1.43 bits per heavy atom. The first-order valence-electron chi connectivity index (χ1n) is 7.29. The molecule has 1 rings (SSSR count). The molecule has 0 aromatic rings. The summed E-state index contributed by atoms with van der Waals surface area (Å²) in [7, 11) is 0. The Morgan fingerprint density at radius 3 is 2.78 bits per heavy atom. The summed E-state index contributed by atoms with van der Waals surface area (Å²) in [5.41, 5.74) is 8.52. The largest absolute Gasteiger partial charge is 0.425 e. The van der Waals surface area contributed by atoms with Gasteiger partial charge in [-0.1, -0.05) is 0 Å². The molecular formula is C15H24N2O4S2. The van der Waals surface area contributed by atoms with E-state index >= 15 is 0 Å². The Morgan fingerprint density at radius 2 is 2.13 bits per heavy atom. The van der Waals surface area contributed by atoms with E-state index in [0.717, 1.165) is 11.5 Å². The summed E-state index contributed by atoms with van der Waals surface area (Å²) in [5.74, 6) is 1.51. The first-order chi connectivity index (χ1) is 11.0. The molecule has 0 spiro atoms. The van der Waals surface area contributed by atoms with Gasteiger partial charge in [0, 0.05) is 12.2 Å². The number of cyclic esters (lactones) is 1. The number of carbonyl (C=O) groups is 2. The fourth-order valence-electron chi connectivity index (χ4n) is 1.78. The number of esters is 1. The monoisotopic (exact) mass is 360 g/mol. The number of ether oxygens (including phenoxy) is 1. The van der Waals surface area contributed by atoms with Gasteiger partial charge in [0.15, 0.2) is 5.78 Å². The molecule has 0 radical (unpaired) electrons. The minimum absolute atomic E-state index is 0.160. The van der Waals surface area contributed by atoms with E-state index in [1.807, 2.05) is 12.5 Å². The van der Waals surface area contributed by atoms with Gasteiger partial charge in [0.2, 0.25) is 0 Å². The molecular weight excluding hydrogens is 336 g/mol. The van der Waals surface area contributed by atoms with Gasteiger partial charge in [-0.15, -0.1) is 5.48 Å². The number of thioether (sulfide) groups is 2. The molecule has 0 amide bonds. The number of nitrogens with one attached hydrogen (secondary N) is 1. The van der Waals surface area contributed by atoms with Crippen molar-refractivity contribution in [2.24, 2.45) is 5.73 Å². The van der Waals surface area contributed by atoms with Crippen molar-refractivity contribution in [3.8, 4) is 0 Å². The molecule has 1 heterocycles. The van der Waals surface area contributed by atoms with Crippen molar-refractivity contribution in [3.05, 3.63) is 23.7 Å². The summed E-state index contributed by atoms with van der Waals surface area (Å²) in [6.45, 7) is 1.71. The Hall–Kier alpha value is -0.960. The van der Waals surface area contributed by atoms with Gasteiger partial charge in [0.25, 0.3) is 0 Å². The molecule has 0 bridgehead atoms. The molecule has 0 unspecified atom stereocenters. The highest BCUT2D eigenvalue weighted by Gasteiger charge is 2.24. The van der Waals surface area contributed by atoms with Crippen LogP contribution in [0.25, 0.3) is 0 Å². The maximum Gasteiger partial charge on any atom is 0.331 e. The van der Waals surface area contributed by atoms with Gasteiger partial charge in [-0.2, -0.15) is 23.5 Å². The fraction of sp³-hybridized carbons (Fsp3) is 0.600. The summed E-state index contributed by atoms with van der Waals surface area (Å²) in [5, 5.41) is 0. The van der Waals surface area contributed by atoms with Crippen molar-refractivity contribution in [2.75, 3.05) is 24.0 Å². The summed E-state index contributed by atoms with van der Waals surface area (Å²) in [6, 6.07) is -1.17. The zero-order chi connectivity index (χ0) is 17.2. The van der Waals surface area contributed by atoms with Crippen LogP contribution in [0.4, 0.5) is 0 Å². The van der Waals surface area contributed by atoms with Gasteiger partial charge in [-0.05, 0) is 43.8 Å². The Kier molecular flexibility index (Phi) is 9.39. The molecule has 3 N–H and O–H groups in total. The van der Waals surface area contributed by atoms with Gasteiger partial charge in [-0.3, -0.25) is 4.79 Å². The van der Waals surface area contributed by atoms with E-state index in [4.69, 9.17) is 15.3 Å². The third kappa shape index (κ3) is 7.43. The van der Waals surface area contributed by atoms with Gasteiger partial charge >= 0.3 is 5.97 Å². The third-order valence-corrected chi connectivity index (χ3v) is 4.39. The number of nitrogens with two attached hydrogens (primary N) is 1. The Bertz CT molecular complexity index is 480. The van der Waals surface area contributed by atoms with Crippen LogP contribution in [0.3, 0.4) is 0 Å². The molecule has 0 saturated heterocycles. The molecule has 0 aliphatic carbocycles. The van der Waals surface area contributed by atoms with E-state index in [2.05, 4.69) is 5.48 Å². The summed E-state index contributed by atoms with van der Waals surface area (Å²) >= 11 is 3.26. The lowest BCUT2D eigenvalue weighted by Crippen LogP contribution is -2.39. The van der Waals surface area contributed by atoms with Gasteiger partial charge in [0.1, 0.15) is 17.6 Å². The van der Waals surface area contributed by atoms with Crippen LogP contribution in [-0.2, 0) is 19.2 Å². The number of ketones is 1. The zero-order valence-corrected chi connectivity index (χ0v) is 15.3. The predicted octanol–water partition coefficient (Wildman–Crippen LogP) is 1.62. The molecule has 23 heavy (non-hydrogen) atoms. The number of allylic oxidation sites excluding steroid dienone is 2. The second-order valence-corrected chi connectivity index (χ2v) is 7.04. The second kappa shape index (κ2) is 10.7. The van der Waals surface area contributed by atoms with Crippen molar-refractivity contribution < 1.29 is 19.2 Å². The highest BCUT2D eigenvalue weighted by atomic mass is 32.2. The van der Waals surface area contributed by atoms with Crippen LogP contribution in [0.5, 0.6) is 0 Å². The van der Waals surface area contributed by atoms with Crippen molar-refractivity contribution in [1.82, 2.24) is 5.48 Å². The average Bonchev–Trinajstić information content (AvgIpc) is 2.50. The van der Waals surface area contributed by atoms with Gasteiger partial charge < -0.3 is 15.3 Å². The molecule has 0 aromatic heterocycles. The normalized spacial score (nSPS) is 24.0. The molecule has 6 nitrogen and oxygen atoms in total. The van der Waals surface area contributed by atoms with Crippen LogP contribution >= 0.6 is 23.5 Å². The number of hydrogen-bond donors (Lipinski definition) is 2. The topological polar surface area (TPSA) is 90.7 Å². The molecule has 130 valence electrons. The Balaban J connectivity index is 2.81. The molecule has 8 heteroatoms. The first kappa shape index (κ1) is 20.1. The SMILES string of the molecule is CSCC[C@@H]1NO/C(C)=C\C(=C\C(=O)[C@@H](N)CCSC)OC1=O. The predicted molar refractivity (Wildman–Crippen MR) is 94.9 cm³/mol. The summed E-state index contributed by atoms with van der Waals surface area (Å²) < 4.78 is 5.31. The fourth-order valence-corrected chi connectivity index (χ4v) is 2.74. The lowest BCUT2D eigenvalue weighted by molar-refractivity contribution is -0.145. The minimum atomic E-state index is -0.598. The highest BCUT2D eigenvalue weighted by Crippen LogP contribution is 2.14. The molecule has 0 aromatic carbocycles. The quantitative estimate of drug-likeness (QED) is 0.498. The Labute approximate surface area is 145 Å². The molecule has 1 aliphatic rings. The smallest absolute Gasteiger partial charge is 0.331 e. The van der Waals surface area contributed by atoms with Crippen molar-refractivity contribution >= 4 is 35.3 Å². The minimum Gasteiger partial charge on any atom is -0.425 e. The van der Waals surface area contributed by atoms with E-state index < -0.39 is 18.1 Å². The highest BCUT2D eigenvalue weighted by molar-refractivity contribution is 7.98. The molecule has 2 atom stereocenters. The van der Waals surface area contributed by atoms with Gasteiger partial charge in [-0.25, -0.2) is 4.79 Å². The molecule has 1 aliphatic heterocycles.